The molecule has 0 aromatic carbocycles. The Hall–Kier alpha value is -1.47. The Morgan fingerprint density at radius 1 is 1.54 bits per heavy atom. The van der Waals surface area contributed by atoms with Crippen molar-refractivity contribution >= 4 is 16.5 Å². The van der Waals surface area contributed by atoms with Gasteiger partial charge in [0.2, 0.25) is 5.13 Å². The first-order valence-corrected chi connectivity index (χ1v) is 4.40. The van der Waals surface area contributed by atoms with E-state index in [0.717, 1.165) is 10.6 Å². The summed E-state index contributed by atoms with van der Waals surface area (Å²) in [5, 5.41) is 13.2. The van der Waals surface area contributed by atoms with Crippen molar-refractivity contribution in [3.8, 4) is 10.6 Å². The average Bonchev–Trinajstić information content (AvgIpc) is 2.71. The predicted molar refractivity (Wildman–Crippen MR) is 49.9 cm³/mol. The summed E-state index contributed by atoms with van der Waals surface area (Å²) >= 11 is 1.39. The summed E-state index contributed by atoms with van der Waals surface area (Å²) in [6, 6.07) is 0. The van der Waals surface area contributed by atoms with Crippen LogP contribution in [-0.4, -0.2) is 20.0 Å². The molecule has 0 spiro atoms. The maximum atomic E-state index is 5.18. The molecule has 0 amide bonds. The molecule has 3 N–H and O–H groups in total. The van der Waals surface area contributed by atoms with Crippen molar-refractivity contribution in [3.63, 3.8) is 0 Å². The first kappa shape index (κ1) is 8.14. The van der Waals surface area contributed by atoms with Crippen LogP contribution in [0.15, 0.2) is 12.4 Å². The van der Waals surface area contributed by atoms with Gasteiger partial charge >= 0.3 is 0 Å². The predicted octanol–water partition coefficient (Wildman–Crippen LogP) is 0.224. The molecule has 2 rings (SSSR count). The van der Waals surface area contributed by atoms with Gasteiger partial charge in [-0.1, -0.05) is 11.3 Å². The van der Waals surface area contributed by atoms with Crippen molar-refractivity contribution < 1.29 is 0 Å². The smallest absolute Gasteiger partial charge is 0.220 e. The Labute approximate surface area is 78.4 Å². The molecule has 2 aromatic rings. The van der Waals surface area contributed by atoms with E-state index in [1.165, 1.54) is 11.3 Å². The standard InChI is InChI=1S/C6H8N6S/c1-12-3-4(2-8-12)5-10-11-6(9-7)13-5/h2-3H,7H2,1H3,(H,9,11). The van der Waals surface area contributed by atoms with Crippen LogP contribution < -0.4 is 11.3 Å². The van der Waals surface area contributed by atoms with E-state index in [4.69, 9.17) is 5.84 Å². The number of hydrazine groups is 1. The van der Waals surface area contributed by atoms with Gasteiger partial charge in [-0.2, -0.15) is 5.10 Å². The topological polar surface area (TPSA) is 81.7 Å². The number of hydrogen-bond donors (Lipinski definition) is 2. The van der Waals surface area contributed by atoms with Crippen LogP contribution in [-0.2, 0) is 7.05 Å². The second-order valence-electron chi connectivity index (χ2n) is 2.46. The third kappa shape index (κ3) is 1.51. The molecule has 0 saturated heterocycles. The van der Waals surface area contributed by atoms with Crippen molar-refractivity contribution in [1.82, 2.24) is 20.0 Å². The van der Waals surface area contributed by atoms with Gasteiger partial charge in [0.05, 0.1) is 11.8 Å². The summed E-state index contributed by atoms with van der Waals surface area (Å²) in [6.45, 7) is 0. The van der Waals surface area contributed by atoms with E-state index in [0.29, 0.717) is 5.13 Å². The van der Waals surface area contributed by atoms with Crippen LogP contribution in [0.1, 0.15) is 0 Å². The maximum Gasteiger partial charge on any atom is 0.220 e. The Balaban J connectivity index is 2.35. The highest BCUT2D eigenvalue weighted by atomic mass is 32.1. The molecule has 0 aliphatic carbocycles. The van der Waals surface area contributed by atoms with E-state index >= 15 is 0 Å². The zero-order valence-corrected chi connectivity index (χ0v) is 7.75. The normalized spacial score (nSPS) is 10.3. The van der Waals surface area contributed by atoms with Crippen LogP contribution in [0.5, 0.6) is 0 Å². The molecule has 2 aromatic heterocycles. The Morgan fingerprint density at radius 3 is 2.92 bits per heavy atom. The van der Waals surface area contributed by atoms with Gasteiger partial charge in [-0.05, 0) is 0 Å². The molecule has 0 unspecified atom stereocenters. The van der Waals surface area contributed by atoms with Gasteiger partial charge in [-0.15, -0.1) is 10.2 Å². The molecular formula is C6H8N6S. The molecule has 0 aliphatic heterocycles. The first-order chi connectivity index (χ1) is 6.29. The van der Waals surface area contributed by atoms with Gasteiger partial charge in [0.25, 0.3) is 0 Å². The van der Waals surface area contributed by atoms with Crippen molar-refractivity contribution in [2.24, 2.45) is 12.9 Å². The van der Waals surface area contributed by atoms with Gasteiger partial charge in [0.15, 0.2) is 5.01 Å². The van der Waals surface area contributed by atoms with Crippen molar-refractivity contribution in [1.29, 1.82) is 0 Å². The number of aromatic nitrogens is 4. The molecule has 0 radical (unpaired) electrons. The molecule has 2 heterocycles. The second kappa shape index (κ2) is 3.11. The number of nitrogens with one attached hydrogen (secondary N) is 1. The van der Waals surface area contributed by atoms with Crippen LogP contribution in [0.25, 0.3) is 10.6 Å². The van der Waals surface area contributed by atoms with Crippen LogP contribution >= 0.6 is 11.3 Å². The lowest BCUT2D eigenvalue weighted by molar-refractivity contribution is 0.768. The van der Waals surface area contributed by atoms with E-state index in [2.05, 4.69) is 20.7 Å². The number of nitrogens with two attached hydrogens (primary N) is 1. The van der Waals surface area contributed by atoms with Crippen LogP contribution in [0, 0.1) is 0 Å². The summed E-state index contributed by atoms with van der Waals surface area (Å²) in [6.07, 6.45) is 3.61. The van der Waals surface area contributed by atoms with Gasteiger partial charge in [0, 0.05) is 13.2 Å². The number of nitrogen functional groups attached to an aromatic ring is 1. The van der Waals surface area contributed by atoms with E-state index in [1.54, 1.807) is 10.9 Å². The van der Waals surface area contributed by atoms with E-state index in [9.17, 15) is 0 Å². The molecule has 0 atom stereocenters. The quantitative estimate of drug-likeness (QED) is 0.530. The third-order valence-electron chi connectivity index (χ3n) is 1.50. The third-order valence-corrected chi connectivity index (χ3v) is 2.40. The SMILES string of the molecule is Cn1cc(-c2nnc(NN)s2)cn1. The summed E-state index contributed by atoms with van der Waals surface area (Å²) in [5.74, 6) is 5.18. The molecular weight excluding hydrogens is 188 g/mol. The molecule has 0 bridgehead atoms. The summed E-state index contributed by atoms with van der Waals surface area (Å²) < 4.78 is 1.71. The fourth-order valence-corrected chi connectivity index (χ4v) is 1.56. The summed E-state index contributed by atoms with van der Waals surface area (Å²) in [7, 11) is 1.85. The van der Waals surface area contributed by atoms with Crippen molar-refractivity contribution in [3.05, 3.63) is 12.4 Å². The summed E-state index contributed by atoms with van der Waals surface area (Å²) in [4.78, 5) is 0. The Bertz CT molecular complexity index is 405. The highest BCUT2D eigenvalue weighted by Crippen LogP contribution is 2.24. The Morgan fingerprint density at radius 2 is 2.38 bits per heavy atom. The number of nitrogens with zero attached hydrogens (tertiary/aromatic N) is 4. The first-order valence-electron chi connectivity index (χ1n) is 3.59. The van der Waals surface area contributed by atoms with Gasteiger partial charge in [-0.3, -0.25) is 10.1 Å². The molecule has 68 valence electrons. The number of rotatable bonds is 2. The van der Waals surface area contributed by atoms with Gasteiger partial charge in [0.1, 0.15) is 0 Å². The number of anilines is 1. The number of hydrogen-bond acceptors (Lipinski definition) is 6. The van der Waals surface area contributed by atoms with Crippen molar-refractivity contribution in [2.75, 3.05) is 5.43 Å². The van der Waals surface area contributed by atoms with E-state index in [-0.39, 0.29) is 0 Å². The molecule has 6 nitrogen and oxygen atoms in total. The largest absolute Gasteiger partial charge is 0.298 e. The molecule has 13 heavy (non-hydrogen) atoms. The van der Waals surface area contributed by atoms with E-state index in [1.807, 2.05) is 13.2 Å². The highest BCUT2D eigenvalue weighted by molar-refractivity contribution is 7.18. The Kier molecular flexibility index (Phi) is 1.95. The highest BCUT2D eigenvalue weighted by Gasteiger charge is 2.06. The zero-order chi connectivity index (χ0) is 9.26. The zero-order valence-electron chi connectivity index (χ0n) is 6.93. The molecule has 0 fully saturated rings. The van der Waals surface area contributed by atoms with Gasteiger partial charge in [-0.25, -0.2) is 5.84 Å². The van der Waals surface area contributed by atoms with Crippen molar-refractivity contribution in [2.45, 2.75) is 0 Å². The fourth-order valence-electron chi connectivity index (χ4n) is 0.930. The minimum Gasteiger partial charge on any atom is -0.298 e. The lowest BCUT2D eigenvalue weighted by Crippen LogP contribution is -2.05. The molecule has 7 heteroatoms. The number of aryl methyl sites for hydroxylation is 1. The second-order valence-corrected chi connectivity index (χ2v) is 3.44. The molecule has 0 saturated carbocycles. The van der Waals surface area contributed by atoms with Gasteiger partial charge < -0.3 is 0 Å². The lowest BCUT2D eigenvalue weighted by Gasteiger charge is -1.85. The van der Waals surface area contributed by atoms with E-state index < -0.39 is 0 Å². The van der Waals surface area contributed by atoms with Crippen LogP contribution in [0.4, 0.5) is 5.13 Å². The summed E-state index contributed by atoms with van der Waals surface area (Å²) in [5.41, 5.74) is 3.39. The maximum absolute atomic E-state index is 5.18. The minimum atomic E-state index is 0.596. The minimum absolute atomic E-state index is 0.596. The molecule has 0 aliphatic rings. The lowest BCUT2D eigenvalue weighted by atomic mass is 10.4. The average molecular weight is 196 g/mol. The monoisotopic (exact) mass is 196 g/mol. The van der Waals surface area contributed by atoms with Crippen LogP contribution in [0.3, 0.4) is 0 Å². The van der Waals surface area contributed by atoms with Crippen LogP contribution in [0.2, 0.25) is 0 Å². The fraction of sp³-hybridized carbons (Fsp3) is 0.167.